The largest absolute Gasteiger partial charge is 0.496 e. The molecule has 1 N–H and O–H groups in total. The van der Waals surface area contributed by atoms with E-state index in [0.717, 1.165) is 5.75 Å². The maximum absolute atomic E-state index is 5.46. The molecule has 0 aromatic heterocycles. The zero-order chi connectivity index (χ0) is 13.5. The van der Waals surface area contributed by atoms with Crippen LogP contribution in [0.1, 0.15) is 63.5 Å². The summed E-state index contributed by atoms with van der Waals surface area (Å²) in [6, 6.07) is 9.37. The normalized spacial score (nSPS) is 19.5. The Morgan fingerprint density at radius 1 is 1.05 bits per heavy atom. The number of hydrogen-bond donors (Lipinski definition) is 1. The summed E-state index contributed by atoms with van der Waals surface area (Å²) < 4.78 is 5.46. The van der Waals surface area contributed by atoms with E-state index >= 15 is 0 Å². The number of benzene rings is 1. The van der Waals surface area contributed by atoms with Crippen LogP contribution in [0.15, 0.2) is 24.3 Å². The van der Waals surface area contributed by atoms with Gasteiger partial charge in [0.05, 0.1) is 7.11 Å². The van der Waals surface area contributed by atoms with Crippen LogP contribution in [0.25, 0.3) is 0 Å². The molecular formula is C17H27NO. The number of ether oxygens (including phenoxy) is 1. The van der Waals surface area contributed by atoms with Gasteiger partial charge >= 0.3 is 0 Å². The van der Waals surface area contributed by atoms with Gasteiger partial charge in [0, 0.05) is 17.6 Å². The molecule has 1 aliphatic carbocycles. The van der Waals surface area contributed by atoms with E-state index in [4.69, 9.17) is 4.74 Å². The Hall–Kier alpha value is -1.02. The van der Waals surface area contributed by atoms with Gasteiger partial charge in [0.15, 0.2) is 0 Å². The molecule has 0 spiro atoms. The molecule has 0 heterocycles. The third-order valence-electron chi connectivity index (χ3n) is 4.20. The first kappa shape index (κ1) is 14.4. The van der Waals surface area contributed by atoms with Crippen molar-refractivity contribution in [1.82, 2.24) is 5.32 Å². The highest BCUT2D eigenvalue weighted by Crippen LogP contribution is 2.26. The van der Waals surface area contributed by atoms with Crippen molar-refractivity contribution in [3.05, 3.63) is 29.8 Å². The van der Waals surface area contributed by atoms with Crippen molar-refractivity contribution in [1.29, 1.82) is 0 Å². The summed E-state index contributed by atoms with van der Waals surface area (Å²) >= 11 is 0. The molecule has 1 aromatic rings. The Balaban J connectivity index is 1.96. The number of para-hydroxylation sites is 1. The van der Waals surface area contributed by atoms with E-state index in [2.05, 4.69) is 24.4 Å². The van der Waals surface area contributed by atoms with Crippen LogP contribution >= 0.6 is 0 Å². The van der Waals surface area contributed by atoms with Gasteiger partial charge in [-0.3, -0.25) is 0 Å². The Morgan fingerprint density at radius 3 is 2.37 bits per heavy atom. The molecule has 1 aromatic carbocycles. The van der Waals surface area contributed by atoms with E-state index in [-0.39, 0.29) is 0 Å². The van der Waals surface area contributed by atoms with Crippen LogP contribution in [0.2, 0.25) is 0 Å². The van der Waals surface area contributed by atoms with E-state index in [9.17, 15) is 0 Å². The molecule has 2 rings (SSSR count). The zero-order valence-electron chi connectivity index (χ0n) is 12.3. The second-order valence-electron chi connectivity index (χ2n) is 5.67. The summed E-state index contributed by atoms with van der Waals surface area (Å²) in [6.07, 6.45) is 9.61. The monoisotopic (exact) mass is 261 g/mol. The highest BCUT2D eigenvalue weighted by atomic mass is 16.5. The summed E-state index contributed by atoms with van der Waals surface area (Å²) in [4.78, 5) is 0. The molecule has 0 amide bonds. The van der Waals surface area contributed by atoms with Gasteiger partial charge in [-0.15, -0.1) is 0 Å². The fourth-order valence-electron chi connectivity index (χ4n) is 3.09. The lowest BCUT2D eigenvalue weighted by atomic mass is 9.95. The fourth-order valence-corrected chi connectivity index (χ4v) is 3.09. The standard InChI is InChI=1S/C17H27NO/c1-14(16-12-8-9-13-17(16)19-2)18-15-10-6-4-3-5-7-11-15/h8-9,12-15,18H,3-7,10-11H2,1-2H3/t14-/m1/s1. The minimum absolute atomic E-state index is 0.362. The third-order valence-corrected chi connectivity index (χ3v) is 4.20. The van der Waals surface area contributed by atoms with Crippen LogP contribution in [-0.4, -0.2) is 13.2 Å². The average molecular weight is 261 g/mol. The average Bonchev–Trinajstić information content (AvgIpc) is 2.41. The van der Waals surface area contributed by atoms with E-state index in [1.807, 2.05) is 12.1 Å². The molecule has 106 valence electrons. The second-order valence-corrected chi connectivity index (χ2v) is 5.67. The van der Waals surface area contributed by atoms with Crippen molar-refractivity contribution in [3.8, 4) is 5.75 Å². The molecule has 0 unspecified atom stereocenters. The predicted molar refractivity (Wildman–Crippen MR) is 80.7 cm³/mol. The first-order chi connectivity index (χ1) is 9.31. The predicted octanol–water partition coefficient (Wildman–Crippen LogP) is 4.46. The van der Waals surface area contributed by atoms with Crippen LogP contribution in [0, 0.1) is 0 Å². The van der Waals surface area contributed by atoms with Crippen molar-refractivity contribution in [2.24, 2.45) is 0 Å². The maximum Gasteiger partial charge on any atom is 0.123 e. The summed E-state index contributed by atoms with van der Waals surface area (Å²) in [5.41, 5.74) is 1.27. The molecule has 0 aliphatic heterocycles. The molecule has 0 radical (unpaired) electrons. The Bertz CT molecular complexity index is 369. The smallest absolute Gasteiger partial charge is 0.123 e. The lowest BCUT2D eigenvalue weighted by molar-refractivity contribution is 0.352. The topological polar surface area (TPSA) is 21.3 Å². The van der Waals surface area contributed by atoms with E-state index in [1.54, 1.807) is 7.11 Å². The van der Waals surface area contributed by atoms with E-state index in [1.165, 1.54) is 50.5 Å². The molecule has 19 heavy (non-hydrogen) atoms. The van der Waals surface area contributed by atoms with Crippen LogP contribution < -0.4 is 10.1 Å². The summed E-state index contributed by atoms with van der Waals surface area (Å²) in [5, 5.41) is 3.80. The van der Waals surface area contributed by atoms with Crippen LogP contribution in [-0.2, 0) is 0 Å². The van der Waals surface area contributed by atoms with Gasteiger partial charge in [-0.05, 0) is 25.8 Å². The van der Waals surface area contributed by atoms with Gasteiger partial charge in [-0.2, -0.15) is 0 Å². The minimum atomic E-state index is 0.362. The van der Waals surface area contributed by atoms with Crippen molar-refractivity contribution in [2.75, 3.05) is 7.11 Å². The van der Waals surface area contributed by atoms with Gasteiger partial charge in [0.2, 0.25) is 0 Å². The van der Waals surface area contributed by atoms with Crippen molar-refractivity contribution in [3.63, 3.8) is 0 Å². The summed E-state index contributed by atoms with van der Waals surface area (Å²) in [6.45, 7) is 2.25. The quantitative estimate of drug-likeness (QED) is 0.864. The Morgan fingerprint density at radius 2 is 1.68 bits per heavy atom. The lowest BCUT2D eigenvalue weighted by Crippen LogP contribution is -2.32. The molecule has 1 fully saturated rings. The van der Waals surface area contributed by atoms with E-state index < -0.39 is 0 Å². The first-order valence-electron chi connectivity index (χ1n) is 7.70. The van der Waals surface area contributed by atoms with Crippen molar-refractivity contribution < 1.29 is 4.74 Å². The number of rotatable bonds is 4. The number of nitrogens with one attached hydrogen (secondary N) is 1. The molecule has 2 heteroatoms. The number of methoxy groups -OCH3 is 1. The molecule has 0 saturated heterocycles. The molecule has 1 saturated carbocycles. The molecule has 0 bridgehead atoms. The lowest BCUT2D eigenvalue weighted by Gasteiger charge is -2.26. The van der Waals surface area contributed by atoms with Gasteiger partial charge in [-0.1, -0.05) is 50.3 Å². The third kappa shape index (κ3) is 4.24. The summed E-state index contributed by atoms with van der Waals surface area (Å²) in [5.74, 6) is 0.994. The van der Waals surface area contributed by atoms with Crippen molar-refractivity contribution >= 4 is 0 Å². The SMILES string of the molecule is COc1ccccc1[C@@H](C)NC1CCCCCCC1. The highest BCUT2D eigenvalue weighted by Gasteiger charge is 2.16. The maximum atomic E-state index is 5.46. The highest BCUT2D eigenvalue weighted by molar-refractivity contribution is 5.35. The fraction of sp³-hybridized carbons (Fsp3) is 0.647. The van der Waals surface area contributed by atoms with Gasteiger partial charge in [0.1, 0.15) is 5.75 Å². The second kappa shape index (κ2) is 7.54. The minimum Gasteiger partial charge on any atom is -0.496 e. The van der Waals surface area contributed by atoms with Gasteiger partial charge in [-0.25, -0.2) is 0 Å². The summed E-state index contributed by atoms with van der Waals surface area (Å²) in [7, 11) is 1.75. The Kier molecular flexibility index (Phi) is 5.71. The van der Waals surface area contributed by atoms with E-state index in [0.29, 0.717) is 12.1 Å². The van der Waals surface area contributed by atoms with Gasteiger partial charge in [0.25, 0.3) is 0 Å². The zero-order valence-corrected chi connectivity index (χ0v) is 12.3. The molecule has 2 nitrogen and oxygen atoms in total. The van der Waals surface area contributed by atoms with Gasteiger partial charge < -0.3 is 10.1 Å². The van der Waals surface area contributed by atoms with Crippen molar-refractivity contribution in [2.45, 2.75) is 64.0 Å². The van der Waals surface area contributed by atoms with Crippen LogP contribution in [0.3, 0.4) is 0 Å². The molecule has 1 aliphatic rings. The van der Waals surface area contributed by atoms with Crippen LogP contribution in [0.4, 0.5) is 0 Å². The molecular weight excluding hydrogens is 234 g/mol. The van der Waals surface area contributed by atoms with Crippen LogP contribution in [0.5, 0.6) is 5.75 Å². The number of hydrogen-bond acceptors (Lipinski definition) is 2. The Labute approximate surface area is 117 Å². The molecule has 1 atom stereocenters. The first-order valence-corrected chi connectivity index (χ1v) is 7.70.